The number of nitrogens with zero attached hydrogens (tertiary/aromatic N) is 4. The third kappa shape index (κ3) is 3.29. The number of anilines is 1. The Kier molecular flexibility index (Phi) is 5.05. The zero-order chi connectivity index (χ0) is 22.4. The largest absolute Gasteiger partial charge is 0.318 e. The molecule has 9 heteroatoms. The summed E-state index contributed by atoms with van der Waals surface area (Å²) in [6, 6.07) is 9.23. The summed E-state index contributed by atoms with van der Waals surface area (Å²) in [5.41, 5.74) is 2.11. The average Bonchev–Trinajstić information content (AvgIpc) is 3.27. The lowest BCUT2D eigenvalue weighted by Crippen LogP contribution is -2.29. The fraction of sp³-hybridized carbons (Fsp3) is 0.304. The normalized spacial score (nSPS) is 13.3. The summed E-state index contributed by atoms with van der Waals surface area (Å²) >= 11 is 1.58. The summed E-state index contributed by atoms with van der Waals surface area (Å²) in [5.74, 6) is -0.441. The molecular formula is C23H23N5O3S. The summed E-state index contributed by atoms with van der Waals surface area (Å²) in [5, 5.41) is 3.35. The van der Waals surface area contributed by atoms with Gasteiger partial charge in [-0.15, -0.1) is 11.3 Å². The number of amides is 1. The average molecular weight is 450 g/mol. The van der Waals surface area contributed by atoms with Crippen molar-refractivity contribution in [3.8, 4) is 5.69 Å². The van der Waals surface area contributed by atoms with Gasteiger partial charge in [-0.3, -0.25) is 23.6 Å². The number of carbonyl (C=O) groups is 1. The summed E-state index contributed by atoms with van der Waals surface area (Å²) < 4.78 is 4.53. The van der Waals surface area contributed by atoms with Gasteiger partial charge in [-0.25, -0.2) is 9.67 Å². The maximum absolute atomic E-state index is 13.1. The van der Waals surface area contributed by atoms with Gasteiger partial charge in [0.25, 0.3) is 11.1 Å². The highest BCUT2D eigenvalue weighted by atomic mass is 32.1. The Morgan fingerprint density at radius 2 is 1.88 bits per heavy atom. The number of benzene rings is 1. The molecule has 0 saturated carbocycles. The Hall–Kier alpha value is -3.46. The molecule has 0 bridgehead atoms. The van der Waals surface area contributed by atoms with E-state index in [2.05, 4.69) is 10.3 Å². The van der Waals surface area contributed by atoms with Gasteiger partial charge in [-0.05, 0) is 50.3 Å². The molecule has 3 aromatic heterocycles. The van der Waals surface area contributed by atoms with Gasteiger partial charge in [-0.2, -0.15) is 0 Å². The van der Waals surface area contributed by atoms with Crippen LogP contribution in [0.3, 0.4) is 0 Å². The highest BCUT2D eigenvalue weighted by molar-refractivity contribution is 7.18. The fourth-order valence-corrected chi connectivity index (χ4v) is 5.56. The number of nitrogens with one attached hydrogen (secondary N) is 1. The van der Waals surface area contributed by atoms with E-state index in [1.165, 1.54) is 20.5 Å². The molecule has 1 aliphatic carbocycles. The van der Waals surface area contributed by atoms with Crippen LogP contribution in [0.15, 0.2) is 46.2 Å². The van der Waals surface area contributed by atoms with E-state index in [4.69, 9.17) is 0 Å². The minimum absolute atomic E-state index is 0.198. The number of aryl methyl sites for hydroxylation is 2. The first-order chi connectivity index (χ1) is 15.5. The predicted octanol–water partition coefficient (Wildman–Crippen LogP) is 2.77. The molecule has 1 aliphatic rings. The highest BCUT2D eigenvalue weighted by Gasteiger charge is 2.22. The Labute approximate surface area is 187 Å². The number of rotatable bonds is 4. The number of carbonyl (C=O) groups excluding carboxylic acids is 1. The van der Waals surface area contributed by atoms with Gasteiger partial charge >= 0.3 is 0 Å². The molecule has 1 N–H and O–H groups in total. The maximum Gasteiger partial charge on any atom is 0.295 e. The lowest BCUT2D eigenvalue weighted by atomic mass is 9.97. The maximum atomic E-state index is 13.1. The molecule has 1 aromatic carbocycles. The monoisotopic (exact) mass is 449 g/mol. The van der Waals surface area contributed by atoms with Crippen LogP contribution in [0.4, 0.5) is 5.69 Å². The highest BCUT2D eigenvalue weighted by Crippen LogP contribution is 2.33. The van der Waals surface area contributed by atoms with Gasteiger partial charge in [0.2, 0.25) is 5.91 Å². The van der Waals surface area contributed by atoms with Crippen molar-refractivity contribution in [1.29, 1.82) is 0 Å². The molecule has 3 heterocycles. The molecule has 5 rings (SSSR count). The van der Waals surface area contributed by atoms with Crippen LogP contribution in [0, 0.1) is 6.92 Å². The van der Waals surface area contributed by atoms with E-state index >= 15 is 0 Å². The van der Waals surface area contributed by atoms with Crippen molar-refractivity contribution in [2.75, 3.05) is 5.32 Å². The molecule has 0 aliphatic heterocycles. The fourth-order valence-electron chi connectivity index (χ4n) is 4.34. The number of fused-ring (bicyclic) bond motifs is 3. The predicted molar refractivity (Wildman–Crippen MR) is 125 cm³/mol. The van der Waals surface area contributed by atoms with Gasteiger partial charge in [-0.1, -0.05) is 18.2 Å². The second-order valence-electron chi connectivity index (χ2n) is 8.05. The molecular weight excluding hydrogens is 426 g/mol. The van der Waals surface area contributed by atoms with Crippen LogP contribution < -0.4 is 16.4 Å². The quantitative estimate of drug-likeness (QED) is 0.519. The SMILES string of the molecule is Cc1c(NC(=O)Cn2cnc3sc4c(c3c2=O)CCCC4)c(=O)n(-c2ccccc2)n1C. The standard InChI is InChI=1S/C23H23N5O3S/c1-14-20(23(31)28(26(14)2)15-8-4-3-5-9-15)25-18(29)12-27-13-24-21-19(22(27)30)16-10-6-7-11-17(16)32-21/h3-5,8-9,13H,6-7,10-12H2,1-2H3,(H,25,29). The molecule has 0 spiro atoms. The van der Waals surface area contributed by atoms with E-state index in [9.17, 15) is 14.4 Å². The number of para-hydroxylation sites is 1. The van der Waals surface area contributed by atoms with Crippen LogP contribution in [0.1, 0.15) is 29.0 Å². The van der Waals surface area contributed by atoms with E-state index in [1.807, 2.05) is 30.3 Å². The first-order valence-corrected chi connectivity index (χ1v) is 11.4. The first-order valence-electron chi connectivity index (χ1n) is 10.6. The Balaban J connectivity index is 1.45. The zero-order valence-corrected chi connectivity index (χ0v) is 18.7. The molecule has 0 saturated heterocycles. The lowest BCUT2D eigenvalue weighted by molar-refractivity contribution is -0.116. The molecule has 4 aromatic rings. The van der Waals surface area contributed by atoms with Gasteiger partial charge in [0.1, 0.15) is 17.1 Å². The van der Waals surface area contributed by atoms with Crippen molar-refractivity contribution >= 4 is 33.1 Å². The molecule has 0 atom stereocenters. The molecule has 1 amide bonds. The van der Waals surface area contributed by atoms with Gasteiger partial charge in [0, 0.05) is 11.9 Å². The molecule has 0 fully saturated rings. The van der Waals surface area contributed by atoms with Crippen LogP contribution in [0.25, 0.3) is 15.9 Å². The first kappa shape index (κ1) is 20.4. The van der Waals surface area contributed by atoms with Crippen molar-refractivity contribution in [1.82, 2.24) is 18.9 Å². The summed E-state index contributed by atoms with van der Waals surface area (Å²) in [4.78, 5) is 45.3. The molecule has 32 heavy (non-hydrogen) atoms. The molecule has 8 nitrogen and oxygen atoms in total. The minimum Gasteiger partial charge on any atom is -0.318 e. The Morgan fingerprint density at radius 1 is 1.12 bits per heavy atom. The number of thiophene rings is 1. The minimum atomic E-state index is -0.441. The summed E-state index contributed by atoms with van der Waals surface area (Å²) in [6.45, 7) is 1.57. The van der Waals surface area contributed by atoms with Gasteiger partial charge in [0.05, 0.1) is 23.1 Å². The number of hydrogen-bond acceptors (Lipinski definition) is 5. The van der Waals surface area contributed by atoms with Crippen LogP contribution in [-0.4, -0.2) is 24.8 Å². The second kappa shape index (κ2) is 7.90. The summed E-state index contributed by atoms with van der Waals surface area (Å²) in [7, 11) is 1.77. The van der Waals surface area contributed by atoms with Crippen molar-refractivity contribution in [2.24, 2.45) is 7.05 Å². The van der Waals surface area contributed by atoms with E-state index in [-0.39, 0.29) is 23.4 Å². The third-order valence-electron chi connectivity index (χ3n) is 6.07. The van der Waals surface area contributed by atoms with Crippen molar-refractivity contribution in [3.63, 3.8) is 0 Å². The number of aromatic nitrogens is 4. The van der Waals surface area contributed by atoms with Crippen LogP contribution in [0.2, 0.25) is 0 Å². The van der Waals surface area contributed by atoms with Crippen molar-refractivity contribution < 1.29 is 4.79 Å². The lowest BCUT2D eigenvalue weighted by Gasteiger charge is -2.10. The number of hydrogen-bond donors (Lipinski definition) is 1. The Morgan fingerprint density at radius 3 is 2.66 bits per heavy atom. The van der Waals surface area contributed by atoms with E-state index in [0.717, 1.165) is 36.1 Å². The van der Waals surface area contributed by atoms with Crippen LogP contribution in [-0.2, 0) is 31.2 Å². The Bertz CT molecular complexity index is 1460. The van der Waals surface area contributed by atoms with E-state index in [1.54, 1.807) is 30.0 Å². The molecule has 0 radical (unpaired) electrons. The topological polar surface area (TPSA) is 90.9 Å². The smallest absolute Gasteiger partial charge is 0.295 e. The second-order valence-corrected chi connectivity index (χ2v) is 9.14. The van der Waals surface area contributed by atoms with Gasteiger partial charge < -0.3 is 5.32 Å². The molecule has 0 unspecified atom stereocenters. The van der Waals surface area contributed by atoms with Gasteiger partial charge in [0.15, 0.2) is 0 Å². The zero-order valence-electron chi connectivity index (χ0n) is 17.9. The van der Waals surface area contributed by atoms with Crippen LogP contribution in [0.5, 0.6) is 0 Å². The molecule has 164 valence electrons. The summed E-state index contributed by atoms with van der Waals surface area (Å²) in [6.07, 6.45) is 5.48. The van der Waals surface area contributed by atoms with Crippen molar-refractivity contribution in [3.05, 3.63) is 73.5 Å². The van der Waals surface area contributed by atoms with E-state index < -0.39 is 5.91 Å². The third-order valence-corrected chi connectivity index (χ3v) is 7.27. The van der Waals surface area contributed by atoms with E-state index in [0.29, 0.717) is 16.8 Å². The van der Waals surface area contributed by atoms with Crippen LogP contribution >= 0.6 is 11.3 Å². The van der Waals surface area contributed by atoms with Crippen molar-refractivity contribution in [2.45, 2.75) is 39.2 Å².